The van der Waals surface area contributed by atoms with E-state index in [9.17, 15) is 14.0 Å². The normalized spacial score (nSPS) is 12.4. The molecule has 6 N–H and O–H groups in total. The van der Waals surface area contributed by atoms with E-state index in [1.54, 1.807) is 36.1 Å². The molecule has 3 rings (SSSR count). The third kappa shape index (κ3) is 6.37. The lowest BCUT2D eigenvalue weighted by molar-refractivity contribution is 0.1000. The number of pyridine rings is 2. The van der Waals surface area contributed by atoms with Crippen molar-refractivity contribution < 1.29 is 23.8 Å². The minimum absolute atomic E-state index is 0.00197. The van der Waals surface area contributed by atoms with Crippen molar-refractivity contribution in [2.45, 2.75) is 45.7 Å². The number of carbonyl (C=O) groups excluding carboxylic acids is 1. The van der Waals surface area contributed by atoms with Gasteiger partial charge in [-0.2, -0.15) is 5.10 Å². The molecule has 36 heavy (non-hydrogen) atoms. The number of anilines is 3. The van der Waals surface area contributed by atoms with Crippen LogP contribution in [0, 0.1) is 5.82 Å². The second-order valence-electron chi connectivity index (χ2n) is 7.91. The van der Waals surface area contributed by atoms with Crippen molar-refractivity contribution in [3.63, 3.8) is 0 Å². The number of nitrogens with two attached hydrogens (primary N) is 1. The molecule has 0 aliphatic heterocycles. The van der Waals surface area contributed by atoms with Crippen molar-refractivity contribution in [2.75, 3.05) is 17.2 Å². The first kappa shape index (κ1) is 26.2. The highest BCUT2D eigenvalue weighted by Crippen LogP contribution is 2.28. The molecule has 0 aliphatic rings. The third-order valence-corrected chi connectivity index (χ3v) is 5.25. The van der Waals surface area contributed by atoms with E-state index in [1.165, 1.54) is 6.20 Å². The summed E-state index contributed by atoms with van der Waals surface area (Å²) in [7, 11) is 0. The average molecular weight is 501 g/mol. The number of primary amides is 1. The van der Waals surface area contributed by atoms with E-state index in [4.69, 9.17) is 15.6 Å². The molecule has 0 spiro atoms. The molecule has 0 bridgehead atoms. The zero-order chi connectivity index (χ0) is 26.2. The molecule has 0 saturated heterocycles. The molecule has 12 nitrogen and oxygen atoms in total. The van der Waals surface area contributed by atoms with Crippen LogP contribution in [0.3, 0.4) is 0 Å². The fraction of sp³-hybridized carbons (Fsp3) is 0.348. The summed E-state index contributed by atoms with van der Waals surface area (Å²) in [5, 5.41) is 21.6. The van der Waals surface area contributed by atoms with Gasteiger partial charge in [-0.05, 0) is 38.5 Å². The van der Waals surface area contributed by atoms with E-state index in [0.29, 0.717) is 36.7 Å². The molecular weight excluding hydrogens is 471 g/mol. The first-order chi connectivity index (χ1) is 17.2. The average Bonchev–Trinajstić information content (AvgIpc) is 3.36. The number of ether oxygens (including phenoxy) is 1. The molecule has 13 heteroatoms. The van der Waals surface area contributed by atoms with Crippen molar-refractivity contribution in [3.8, 4) is 11.6 Å². The highest BCUT2D eigenvalue weighted by Gasteiger charge is 2.23. The minimum atomic E-state index is -1.19. The summed E-state index contributed by atoms with van der Waals surface area (Å²) >= 11 is 0. The standard InChI is InChI=1S/C23H29FN8O4/c1-4-7-17(13(3)28-23(34)35)30-21-16(24)11-15(19(25)33)20(31-21)29-14-10-18(32-9-6-8-27-32)22(26-12-14)36-5-2/h6,8-13,17,28H,4-5,7H2,1-3H3,(H2,25,33)(H,34,35)(H2,29,30,31)/t13-,17-/m0/s1. The number of hydrogen-bond donors (Lipinski definition) is 5. The highest BCUT2D eigenvalue weighted by molar-refractivity contribution is 5.98. The maximum absolute atomic E-state index is 14.9. The Morgan fingerprint density at radius 2 is 2.06 bits per heavy atom. The summed E-state index contributed by atoms with van der Waals surface area (Å²) in [6.45, 7) is 5.81. The summed E-state index contributed by atoms with van der Waals surface area (Å²) < 4.78 is 22.1. The summed E-state index contributed by atoms with van der Waals surface area (Å²) in [6.07, 6.45) is 4.85. The molecule has 0 aliphatic carbocycles. The number of carboxylic acid groups (broad SMARTS) is 1. The van der Waals surface area contributed by atoms with Gasteiger partial charge >= 0.3 is 6.09 Å². The maximum Gasteiger partial charge on any atom is 0.404 e. The molecule has 192 valence electrons. The van der Waals surface area contributed by atoms with Crippen LogP contribution in [0.5, 0.6) is 5.88 Å². The van der Waals surface area contributed by atoms with Gasteiger partial charge in [0.2, 0.25) is 5.88 Å². The fourth-order valence-electron chi connectivity index (χ4n) is 3.57. The molecule has 3 heterocycles. The van der Waals surface area contributed by atoms with Crippen molar-refractivity contribution in [2.24, 2.45) is 5.73 Å². The van der Waals surface area contributed by atoms with E-state index in [-0.39, 0.29) is 17.2 Å². The third-order valence-electron chi connectivity index (χ3n) is 5.25. The Balaban J connectivity index is 1.98. The lowest BCUT2D eigenvalue weighted by atomic mass is 10.0. The second-order valence-corrected chi connectivity index (χ2v) is 7.91. The monoisotopic (exact) mass is 500 g/mol. The number of nitrogens with one attached hydrogen (secondary N) is 3. The number of halogens is 1. The topological polar surface area (TPSA) is 169 Å². The number of aromatic nitrogens is 4. The van der Waals surface area contributed by atoms with Gasteiger partial charge in [0.1, 0.15) is 11.5 Å². The Kier molecular flexibility index (Phi) is 8.60. The van der Waals surface area contributed by atoms with Crippen molar-refractivity contribution in [3.05, 3.63) is 48.2 Å². The highest BCUT2D eigenvalue weighted by atomic mass is 19.1. The van der Waals surface area contributed by atoms with Gasteiger partial charge in [0, 0.05) is 24.5 Å². The molecule has 2 amide bonds. The van der Waals surface area contributed by atoms with Gasteiger partial charge in [-0.1, -0.05) is 13.3 Å². The van der Waals surface area contributed by atoms with E-state index in [2.05, 4.69) is 31.0 Å². The largest absolute Gasteiger partial charge is 0.476 e. The van der Waals surface area contributed by atoms with Gasteiger partial charge in [-0.15, -0.1) is 0 Å². The molecule has 0 fully saturated rings. The molecule has 0 unspecified atom stereocenters. The van der Waals surface area contributed by atoms with Gasteiger partial charge in [-0.25, -0.2) is 23.8 Å². The van der Waals surface area contributed by atoms with Gasteiger partial charge in [0.15, 0.2) is 11.6 Å². The second kappa shape index (κ2) is 11.8. The van der Waals surface area contributed by atoms with Crippen LogP contribution in [0.4, 0.5) is 26.5 Å². The van der Waals surface area contributed by atoms with Crippen LogP contribution in [0.2, 0.25) is 0 Å². The van der Waals surface area contributed by atoms with E-state index in [1.807, 2.05) is 13.8 Å². The maximum atomic E-state index is 14.9. The Hall–Kier alpha value is -4.42. The summed E-state index contributed by atoms with van der Waals surface area (Å²) in [6, 6.07) is 3.41. The Bertz CT molecular complexity index is 1210. The predicted molar refractivity (Wildman–Crippen MR) is 131 cm³/mol. The van der Waals surface area contributed by atoms with E-state index in [0.717, 1.165) is 6.07 Å². The minimum Gasteiger partial charge on any atom is -0.476 e. The summed E-state index contributed by atoms with van der Waals surface area (Å²) in [4.78, 5) is 31.7. The number of amides is 2. The van der Waals surface area contributed by atoms with Crippen LogP contribution >= 0.6 is 0 Å². The van der Waals surface area contributed by atoms with Crippen LogP contribution in [0.15, 0.2) is 36.8 Å². The Labute approximate surface area is 207 Å². The lowest BCUT2D eigenvalue weighted by Gasteiger charge is -2.26. The van der Waals surface area contributed by atoms with Gasteiger partial charge in [0.05, 0.1) is 24.1 Å². The molecular formula is C23H29FN8O4. The molecule has 3 aromatic heterocycles. The molecule has 0 radical (unpaired) electrons. The molecule has 3 aromatic rings. The van der Waals surface area contributed by atoms with Gasteiger partial charge < -0.3 is 31.5 Å². The van der Waals surface area contributed by atoms with Crippen LogP contribution in [0.25, 0.3) is 5.69 Å². The van der Waals surface area contributed by atoms with E-state index >= 15 is 0 Å². The van der Waals surface area contributed by atoms with Crippen molar-refractivity contribution in [1.82, 2.24) is 25.1 Å². The van der Waals surface area contributed by atoms with Gasteiger partial charge in [-0.3, -0.25) is 4.79 Å². The zero-order valence-electron chi connectivity index (χ0n) is 20.2. The quantitative estimate of drug-likeness (QED) is 0.250. The smallest absolute Gasteiger partial charge is 0.404 e. The molecule has 0 saturated carbocycles. The van der Waals surface area contributed by atoms with Crippen LogP contribution in [-0.2, 0) is 0 Å². The fourth-order valence-corrected chi connectivity index (χ4v) is 3.57. The number of carbonyl (C=O) groups is 2. The SMILES string of the molecule is CCC[C@H](Nc1nc(Nc2cnc(OCC)c(-n3cccn3)c2)c(C(N)=O)cc1F)[C@H](C)NC(=O)O. The number of hydrogen-bond acceptors (Lipinski definition) is 8. The van der Waals surface area contributed by atoms with Crippen LogP contribution in [0.1, 0.15) is 44.0 Å². The molecule has 2 atom stereocenters. The summed E-state index contributed by atoms with van der Waals surface area (Å²) in [5.41, 5.74) is 6.26. The predicted octanol–water partition coefficient (Wildman–Crippen LogP) is 3.28. The van der Waals surface area contributed by atoms with Crippen molar-refractivity contribution >= 4 is 29.3 Å². The molecule has 0 aromatic carbocycles. The van der Waals surface area contributed by atoms with Gasteiger partial charge in [0.25, 0.3) is 5.91 Å². The Morgan fingerprint density at radius 3 is 2.67 bits per heavy atom. The van der Waals surface area contributed by atoms with Crippen LogP contribution < -0.4 is 26.4 Å². The Morgan fingerprint density at radius 1 is 1.28 bits per heavy atom. The van der Waals surface area contributed by atoms with E-state index < -0.39 is 29.9 Å². The first-order valence-corrected chi connectivity index (χ1v) is 11.4. The zero-order valence-corrected chi connectivity index (χ0v) is 20.2. The first-order valence-electron chi connectivity index (χ1n) is 11.4. The number of nitrogens with zero attached hydrogens (tertiary/aromatic N) is 4. The summed E-state index contributed by atoms with van der Waals surface area (Å²) in [5.74, 6) is -1.50. The van der Waals surface area contributed by atoms with Crippen molar-refractivity contribution in [1.29, 1.82) is 0 Å². The lowest BCUT2D eigenvalue weighted by Crippen LogP contribution is -2.44. The van der Waals surface area contributed by atoms with Crippen LogP contribution in [-0.4, -0.2) is 55.5 Å². The number of rotatable bonds is 12.